The average Bonchev–Trinajstić information content (AvgIpc) is 2.73. The van der Waals surface area contributed by atoms with Crippen molar-refractivity contribution in [3.63, 3.8) is 0 Å². The number of halogens is 4. The van der Waals surface area contributed by atoms with Gasteiger partial charge in [-0.2, -0.15) is 13.2 Å². The summed E-state index contributed by atoms with van der Waals surface area (Å²) in [7, 11) is -4.05. The van der Waals surface area contributed by atoms with Crippen molar-refractivity contribution < 1.29 is 21.6 Å². The maximum atomic E-state index is 12.8. The van der Waals surface area contributed by atoms with Crippen molar-refractivity contribution in [1.29, 1.82) is 0 Å². The molecule has 1 unspecified atom stereocenters. The minimum Gasteiger partial charge on any atom is -0.315 e. The monoisotopic (exact) mass is 342 g/mol. The van der Waals surface area contributed by atoms with Gasteiger partial charge >= 0.3 is 6.18 Å². The molecule has 1 aromatic rings. The Kier molecular flexibility index (Phi) is 4.27. The van der Waals surface area contributed by atoms with Crippen LogP contribution in [0, 0.1) is 0 Å². The Hall–Kier alpha value is -0.830. The molecule has 1 atom stereocenters. The van der Waals surface area contributed by atoms with Gasteiger partial charge in [0.25, 0.3) is 0 Å². The van der Waals surface area contributed by atoms with Crippen LogP contribution in [0.25, 0.3) is 0 Å². The minimum absolute atomic E-state index is 0.423. The molecule has 1 heterocycles. The molecule has 9 heteroatoms. The van der Waals surface area contributed by atoms with Crippen molar-refractivity contribution in [3.8, 4) is 0 Å². The van der Waals surface area contributed by atoms with Gasteiger partial charge in [0.2, 0.25) is 10.0 Å². The van der Waals surface area contributed by atoms with Gasteiger partial charge in [0.1, 0.15) is 0 Å². The fourth-order valence-electron chi connectivity index (χ4n) is 2.18. The van der Waals surface area contributed by atoms with Gasteiger partial charge in [-0.25, -0.2) is 13.1 Å². The van der Waals surface area contributed by atoms with E-state index in [9.17, 15) is 21.6 Å². The third-order valence-corrected chi connectivity index (χ3v) is 5.27. The van der Waals surface area contributed by atoms with Gasteiger partial charge in [-0.05, 0) is 38.1 Å². The van der Waals surface area contributed by atoms with E-state index >= 15 is 0 Å². The molecule has 1 fully saturated rings. The minimum atomic E-state index is -4.71. The summed E-state index contributed by atoms with van der Waals surface area (Å²) >= 11 is 5.48. The molecular weight excluding hydrogens is 329 g/mol. The summed E-state index contributed by atoms with van der Waals surface area (Å²) in [6.45, 7) is 2.77. The summed E-state index contributed by atoms with van der Waals surface area (Å²) < 4.78 is 65.3. The molecule has 1 aliphatic heterocycles. The van der Waals surface area contributed by atoms with Crippen molar-refractivity contribution in [2.45, 2.75) is 30.0 Å². The Morgan fingerprint density at radius 1 is 1.38 bits per heavy atom. The number of rotatable bonds is 3. The highest BCUT2D eigenvalue weighted by atomic mass is 35.5. The lowest BCUT2D eigenvalue weighted by atomic mass is 10.0. The molecule has 0 amide bonds. The van der Waals surface area contributed by atoms with E-state index < -0.39 is 37.2 Å². The quantitative estimate of drug-likeness (QED) is 0.886. The normalized spacial score (nSPS) is 23.5. The Balaban J connectivity index is 2.37. The first-order chi connectivity index (χ1) is 9.54. The van der Waals surface area contributed by atoms with Crippen LogP contribution in [0.3, 0.4) is 0 Å². The largest absolute Gasteiger partial charge is 0.417 e. The number of hydrogen-bond acceptors (Lipinski definition) is 3. The zero-order valence-electron chi connectivity index (χ0n) is 11.1. The highest BCUT2D eigenvalue weighted by molar-refractivity contribution is 7.89. The predicted molar refractivity (Wildman–Crippen MR) is 72.7 cm³/mol. The predicted octanol–water partition coefficient (Wildman–Crippen LogP) is 2.39. The second-order valence-corrected chi connectivity index (χ2v) is 7.32. The van der Waals surface area contributed by atoms with Crippen molar-refractivity contribution in [2.24, 2.45) is 0 Å². The first kappa shape index (κ1) is 16.5. The molecule has 1 aromatic carbocycles. The Morgan fingerprint density at radius 3 is 2.57 bits per heavy atom. The zero-order valence-corrected chi connectivity index (χ0v) is 12.7. The average molecular weight is 343 g/mol. The lowest BCUT2D eigenvalue weighted by Crippen LogP contribution is -2.47. The van der Waals surface area contributed by atoms with E-state index in [1.165, 1.54) is 0 Å². The van der Waals surface area contributed by atoms with E-state index in [0.717, 1.165) is 12.1 Å². The van der Waals surface area contributed by atoms with Crippen LogP contribution in [0.1, 0.15) is 18.9 Å². The van der Waals surface area contributed by atoms with E-state index in [-0.39, 0.29) is 0 Å². The number of nitrogens with one attached hydrogen (secondary N) is 2. The van der Waals surface area contributed by atoms with Crippen LogP contribution < -0.4 is 10.0 Å². The molecular formula is C12H14ClF3N2O2S. The van der Waals surface area contributed by atoms with E-state index in [1.807, 2.05) is 0 Å². The first-order valence-corrected chi connectivity index (χ1v) is 8.01. The SMILES string of the molecule is CC1(NS(=O)(=O)c2ccc(Cl)c(C(F)(F)F)c2)CCNC1. The van der Waals surface area contributed by atoms with Crippen molar-refractivity contribution in [1.82, 2.24) is 10.0 Å². The molecule has 2 N–H and O–H groups in total. The van der Waals surface area contributed by atoms with Crippen LogP contribution in [0.2, 0.25) is 5.02 Å². The topological polar surface area (TPSA) is 58.2 Å². The highest BCUT2D eigenvalue weighted by Crippen LogP contribution is 2.36. The number of sulfonamides is 1. The maximum Gasteiger partial charge on any atom is 0.417 e. The van der Waals surface area contributed by atoms with Crippen molar-refractivity contribution in [3.05, 3.63) is 28.8 Å². The molecule has 4 nitrogen and oxygen atoms in total. The Labute approximate surface area is 125 Å². The fraction of sp³-hybridized carbons (Fsp3) is 0.500. The highest BCUT2D eigenvalue weighted by Gasteiger charge is 2.37. The molecule has 0 spiro atoms. The smallest absolute Gasteiger partial charge is 0.315 e. The second-order valence-electron chi connectivity index (χ2n) is 5.23. The van der Waals surface area contributed by atoms with Crippen LogP contribution >= 0.6 is 11.6 Å². The van der Waals surface area contributed by atoms with Gasteiger partial charge in [-0.15, -0.1) is 0 Å². The van der Waals surface area contributed by atoms with Gasteiger partial charge in [0.15, 0.2) is 0 Å². The molecule has 0 bridgehead atoms. The van der Waals surface area contributed by atoms with E-state index in [1.54, 1.807) is 6.92 Å². The summed E-state index contributed by atoms with van der Waals surface area (Å²) in [5.41, 5.74) is -1.88. The van der Waals surface area contributed by atoms with Crippen molar-refractivity contribution in [2.75, 3.05) is 13.1 Å². The summed E-state index contributed by atoms with van der Waals surface area (Å²) in [5.74, 6) is 0. The molecule has 118 valence electrons. The number of alkyl halides is 3. The third-order valence-electron chi connectivity index (χ3n) is 3.30. The lowest BCUT2D eigenvalue weighted by molar-refractivity contribution is -0.137. The lowest BCUT2D eigenvalue weighted by Gasteiger charge is -2.24. The molecule has 0 aliphatic carbocycles. The van der Waals surface area contributed by atoms with Crippen LogP contribution in [-0.2, 0) is 16.2 Å². The summed E-state index contributed by atoms with van der Waals surface area (Å²) in [5, 5.41) is 2.47. The van der Waals surface area contributed by atoms with E-state index in [2.05, 4.69) is 10.0 Å². The van der Waals surface area contributed by atoms with E-state index in [0.29, 0.717) is 25.6 Å². The van der Waals surface area contributed by atoms with Gasteiger partial charge in [0.05, 0.1) is 15.5 Å². The van der Waals surface area contributed by atoms with Gasteiger partial charge in [-0.3, -0.25) is 0 Å². The summed E-state index contributed by atoms with van der Waals surface area (Å²) in [6, 6.07) is 2.55. The van der Waals surface area contributed by atoms with Gasteiger partial charge < -0.3 is 5.32 Å². The molecule has 0 saturated carbocycles. The summed E-state index contributed by atoms with van der Waals surface area (Å²) in [6.07, 6.45) is -4.15. The number of hydrogen-bond donors (Lipinski definition) is 2. The Bertz CT molecular complexity index is 640. The maximum absolute atomic E-state index is 12.8. The fourth-order valence-corrected chi connectivity index (χ4v) is 3.86. The second kappa shape index (κ2) is 5.42. The Morgan fingerprint density at radius 2 is 2.05 bits per heavy atom. The molecule has 0 aromatic heterocycles. The standard InChI is InChI=1S/C12H14ClF3N2O2S/c1-11(4-5-17-7-11)18-21(19,20)8-2-3-10(13)9(6-8)12(14,15)16/h2-3,6,17-18H,4-5,7H2,1H3. The van der Waals surface area contributed by atoms with Crippen LogP contribution in [0.5, 0.6) is 0 Å². The third kappa shape index (κ3) is 3.68. The van der Waals surface area contributed by atoms with Crippen LogP contribution in [0.15, 0.2) is 23.1 Å². The number of benzene rings is 1. The molecule has 1 aliphatic rings. The first-order valence-electron chi connectivity index (χ1n) is 6.15. The van der Waals surface area contributed by atoms with Crippen LogP contribution in [0.4, 0.5) is 13.2 Å². The van der Waals surface area contributed by atoms with Gasteiger partial charge in [0, 0.05) is 12.1 Å². The van der Waals surface area contributed by atoms with E-state index in [4.69, 9.17) is 11.6 Å². The van der Waals surface area contributed by atoms with Crippen molar-refractivity contribution >= 4 is 21.6 Å². The zero-order chi connectivity index (χ0) is 15.9. The molecule has 2 rings (SSSR count). The molecule has 21 heavy (non-hydrogen) atoms. The van der Waals surface area contributed by atoms with Crippen LogP contribution in [-0.4, -0.2) is 27.0 Å². The molecule has 1 saturated heterocycles. The van der Waals surface area contributed by atoms with Gasteiger partial charge in [-0.1, -0.05) is 11.6 Å². The summed E-state index contributed by atoms with van der Waals surface area (Å²) in [4.78, 5) is -0.452. The molecule has 0 radical (unpaired) electrons.